The van der Waals surface area contributed by atoms with E-state index in [1.807, 2.05) is 30.3 Å². The quantitative estimate of drug-likeness (QED) is 0.853. The van der Waals surface area contributed by atoms with Gasteiger partial charge in [0.05, 0.1) is 33.5 Å². The molecule has 4 atom stereocenters. The molecule has 1 aliphatic heterocycles. The molecule has 0 spiro atoms. The van der Waals surface area contributed by atoms with Crippen molar-refractivity contribution in [1.29, 1.82) is 0 Å². The van der Waals surface area contributed by atoms with Gasteiger partial charge in [0.1, 0.15) is 0 Å². The summed E-state index contributed by atoms with van der Waals surface area (Å²) in [6.07, 6.45) is -0.118. The Morgan fingerprint density at radius 3 is 1.77 bits per heavy atom. The van der Waals surface area contributed by atoms with Crippen LogP contribution >= 0.6 is 0 Å². The van der Waals surface area contributed by atoms with Crippen LogP contribution in [0.15, 0.2) is 36.4 Å². The molecule has 5 heteroatoms. The first-order valence-electron chi connectivity index (χ1n) is 8.74. The van der Waals surface area contributed by atoms with Gasteiger partial charge in [-0.2, -0.15) is 0 Å². The van der Waals surface area contributed by atoms with Gasteiger partial charge in [-0.3, -0.25) is 0 Å². The fourth-order valence-electron chi connectivity index (χ4n) is 3.62. The molecule has 1 N–H and O–H groups in total. The van der Waals surface area contributed by atoms with Gasteiger partial charge in [0.25, 0.3) is 0 Å². The third-order valence-corrected chi connectivity index (χ3v) is 5.35. The molecule has 0 unspecified atom stereocenters. The monoisotopic (exact) mass is 358 g/mol. The minimum Gasteiger partial charge on any atom is -0.504 e. The molecule has 1 aliphatic rings. The molecule has 0 saturated carbocycles. The average molecular weight is 358 g/mol. The smallest absolute Gasteiger partial charge is 0.161 e. The summed E-state index contributed by atoms with van der Waals surface area (Å²) in [7, 11) is 4.81. The Morgan fingerprint density at radius 1 is 0.731 bits per heavy atom. The molecular formula is C21H26O5. The van der Waals surface area contributed by atoms with E-state index in [0.717, 1.165) is 11.1 Å². The van der Waals surface area contributed by atoms with Gasteiger partial charge in [-0.25, -0.2) is 0 Å². The lowest BCUT2D eigenvalue weighted by molar-refractivity contribution is 0.0288. The number of aromatic hydroxyl groups is 1. The predicted octanol–water partition coefficient (Wildman–Crippen LogP) is 4.50. The van der Waals surface area contributed by atoms with E-state index in [9.17, 15) is 5.11 Å². The summed E-state index contributed by atoms with van der Waals surface area (Å²) in [5, 5.41) is 9.84. The van der Waals surface area contributed by atoms with Crippen LogP contribution in [-0.2, 0) is 4.74 Å². The van der Waals surface area contributed by atoms with Crippen molar-refractivity contribution in [2.24, 2.45) is 11.8 Å². The second kappa shape index (κ2) is 7.46. The lowest BCUT2D eigenvalue weighted by Gasteiger charge is -2.18. The molecule has 0 aliphatic carbocycles. The largest absolute Gasteiger partial charge is 0.504 e. The number of phenols is 1. The maximum absolute atomic E-state index is 9.84. The third kappa shape index (κ3) is 3.19. The number of hydrogen-bond donors (Lipinski definition) is 1. The highest BCUT2D eigenvalue weighted by molar-refractivity contribution is 5.45. The lowest BCUT2D eigenvalue weighted by atomic mass is 9.85. The van der Waals surface area contributed by atoms with Crippen molar-refractivity contribution in [2.75, 3.05) is 21.3 Å². The summed E-state index contributed by atoms with van der Waals surface area (Å²) < 4.78 is 22.4. The predicted molar refractivity (Wildman–Crippen MR) is 99.1 cm³/mol. The van der Waals surface area contributed by atoms with Crippen LogP contribution in [0.2, 0.25) is 0 Å². The van der Waals surface area contributed by atoms with Gasteiger partial charge in [-0.1, -0.05) is 26.0 Å². The molecule has 1 heterocycles. The maximum atomic E-state index is 9.84. The zero-order valence-corrected chi connectivity index (χ0v) is 15.9. The van der Waals surface area contributed by atoms with Crippen LogP contribution in [0.3, 0.4) is 0 Å². The van der Waals surface area contributed by atoms with E-state index in [0.29, 0.717) is 29.1 Å². The Kier molecular flexibility index (Phi) is 5.28. The van der Waals surface area contributed by atoms with Crippen LogP contribution in [0.25, 0.3) is 0 Å². The van der Waals surface area contributed by atoms with Gasteiger partial charge in [0.2, 0.25) is 0 Å². The van der Waals surface area contributed by atoms with Crippen LogP contribution in [-0.4, -0.2) is 26.4 Å². The van der Waals surface area contributed by atoms with Gasteiger partial charge >= 0.3 is 0 Å². The number of ether oxygens (including phenoxy) is 4. The Labute approximate surface area is 154 Å². The molecule has 1 fully saturated rings. The zero-order chi connectivity index (χ0) is 18.8. The highest BCUT2D eigenvalue weighted by Crippen LogP contribution is 2.50. The van der Waals surface area contributed by atoms with Crippen molar-refractivity contribution < 1.29 is 24.1 Å². The van der Waals surface area contributed by atoms with E-state index in [-0.39, 0.29) is 18.0 Å². The number of benzene rings is 2. The second-order valence-corrected chi connectivity index (χ2v) is 6.74. The van der Waals surface area contributed by atoms with Crippen LogP contribution in [0, 0.1) is 11.8 Å². The first kappa shape index (κ1) is 18.4. The van der Waals surface area contributed by atoms with Crippen molar-refractivity contribution in [3.63, 3.8) is 0 Å². The number of rotatable bonds is 5. The SMILES string of the molecule is COc1cc([C@H]2O[C@H](c3ccc(OC)c(OC)c3)[C@@H](C)[C@@H]2C)ccc1O. The van der Waals surface area contributed by atoms with Crippen molar-refractivity contribution in [3.8, 4) is 23.0 Å². The van der Waals surface area contributed by atoms with Crippen LogP contribution in [0.4, 0.5) is 0 Å². The molecule has 0 radical (unpaired) electrons. The first-order chi connectivity index (χ1) is 12.5. The van der Waals surface area contributed by atoms with E-state index < -0.39 is 0 Å². The molecule has 3 rings (SSSR count). The summed E-state index contributed by atoms with van der Waals surface area (Å²) in [5.74, 6) is 2.62. The van der Waals surface area contributed by atoms with Crippen molar-refractivity contribution >= 4 is 0 Å². The van der Waals surface area contributed by atoms with Crippen molar-refractivity contribution in [1.82, 2.24) is 0 Å². The number of methoxy groups -OCH3 is 3. The molecule has 0 amide bonds. The zero-order valence-electron chi connectivity index (χ0n) is 15.9. The Morgan fingerprint density at radius 2 is 1.23 bits per heavy atom. The van der Waals surface area contributed by atoms with E-state index >= 15 is 0 Å². The van der Waals surface area contributed by atoms with Gasteiger partial charge < -0.3 is 24.1 Å². The van der Waals surface area contributed by atoms with Gasteiger partial charge in [-0.15, -0.1) is 0 Å². The second-order valence-electron chi connectivity index (χ2n) is 6.74. The minimum atomic E-state index is -0.0717. The molecule has 2 aromatic carbocycles. The first-order valence-corrected chi connectivity index (χ1v) is 8.74. The molecule has 5 nitrogen and oxygen atoms in total. The minimum absolute atomic E-state index is 0.0467. The highest BCUT2D eigenvalue weighted by Gasteiger charge is 2.41. The van der Waals surface area contributed by atoms with Crippen LogP contribution in [0.5, 0.6) is 23.0 Å². The summed E-state index contributed by atoms with van der Waals surface area (Å²) in [6, 6.07) is 11.3. The molecule has 0 bridgehead atoms. The Bertz CT molecular complexity index is 773. The van der Waals surface area contributed by atoms with Crippen molar-refractivity contribution in [2.45, 2.75) is 26.1 Å². The van der Waals surface area contributed by atoms with E-state index in [1.54, 1.807) is 27.4 Å². The van der Waals surface area contributed by atoms with Gasteiger partial charge in [0, 0.05) is 0 Å². The number of phenolic OH excluding ortho intramolecular Hbond substituents is 1. The molecule has 2 aromatic rings. The summed E-state index contributed by atoms with van der Waals surface area (Å²) >= 11 is 0. The summed E-state index contributed by atoms with van der Waals surface area (Å²) in [5.41, 5.74) is 2.07. The van der Waals surface area contributed by atoms with Crippen LogP contribution < -0.4 is 14.2 Å². The van der Waals surface area contributed by atoms with Gasteiger partial charge in [-0.05, 0) is 47.2 Å². The van der Waals surface area contributed by atoms with E-state index in [2.05, 4.69) is 13.8 Å². The van der Waals surface area contributed by atoms with Crippen molar-refractivity contribution in [3.05, 3.63) is 47.5 Å². The molecular weight excluding hydrogens is 332 g/mol. The summed E-state index contributed by atoms with van der Waals surface area (Å²) in [6.45, 7) is 4.39. The van der Waals surface area contributed by atoms with E-state index in [4.69, 9.17) is 18.9 Å². The Balaban J connectivity index is 1.90. The third-order valence-electron chi connectivity index (χ3n) is 5.35. The average Bonchev–Trinajstić information content (AvgIpc) is 2.96. The molecule has 0 aromatic heterocycles. The Hall–Kier alpha value is -2.40. The standard InChI is InChI=1S/C21H26O5/c1-12-13(2)21(15-7-9-17(23-3)19(11-15)25-5)26-20(12)14-6-8-16(22)18(10-14)24-4/h6-13,20-22H,1-5H3/t12-,13-,20-,21-/m0/s1. The van der Waals surface area contributed by atoms with Crippen LogP contribution in [0.1, 0.15) is 37.2 Å². The fourth-order valence-corrected chi connectivity index (χ4v) is 3.62. The van der Waals surface area contributed by atoms with Gasteiger partial charge in [0.15, 0.2) is 23.0 Å². The summed E-state index contributed by atoms with van der Waals surface area (Å²) in [4.78, 5) is 0. The maximum Gasteiger partial charge on any atom is 0.161 e. The topological polar surface area (TPSA) is 57.2 Å². The highest BCUT2D eigenvalue weighted by atomic mass is 16.5. The number of hydrogen-bond acceptors (Lipinski definition) is 5. The van der Waals surface area contributed by atoms with E-state index in [1.165, 1.54) is 0 Å². The lowest BCUT2D eigenvalue weighted by Crippen LogP contribution is -2.10. The normalized spacial score (nSPS) is 25.1. The molecule has 26 heavy (non-hydrogen) atoms. The fraction of sp³-hybridized carbons (Fsp3) is 0.429. The molecule has 140 valence electrons. The molecule has 1 saturated heterocycles.